The molecule has 2 saturated heterocycles. The van der Waals surface area contributed by atoms with Gasteiger partial charge in [-0.3, -0.25) is 0 Å². The Hall–Kier alpha value is -1.30. The molecule has 1 unspecified atom stereocenters. The fourth-order valence-corrected chi connectivity index (χ4v) is 3.68. The first-order valence-corrected chi connectivity index (χ1v) is 9.62. The Kier molecular flexibility index (Phi) is 9.23. The molecule has 5 nitrogen and oxygen atoms in total. The number of carbonyl (C=O) groups excluding carboxylic acids is 1. The Balaban J connectivity index is 0.00000243. The predicted octanol–water partition coefficient (Wildman–Crippen LogP) is 3.76. The molecule has 2 fully saturated rings. The van der Waals surface area contributed by atoms with Crippen molar-refractivity contribution in [3.05, 3.63) is 35.9 Å². The number of likely N-dealkylation sites (tertiary alicyclic amines) is 1. The number of carbonyl (C=O) groups is 1. The summed E-state index contributed by atoms with van der Waals surface area (Å²) in [5, 5.41) is 3.35. The number of nitrogens with one attached hydrogen (secondary N) is 1. The highest BCUT2D eigenvalue weighted by atomic mass is 35.5. The van der Waals surface area contributed by atoms with E-state index in [1.165, 1.54) is 6.42 Å². The van der Waals surface area contributed by atoms with E-state index in [1.54, 1.807) is 0 Å². The molecule has 2 aliphatic heterocycles. The second kappa shape index (κ2) is 11.4. The highest BCUT2D eigenvalue weighted by Crippen LogP contribution is 2.21. The summed E-state index contributed by atoms with van der Waals surface area (Å²) in [5.74, 6) is 0. The molecule has 3 rings (SSSR count). The van der Waals surface area contributed by atoms with Crippen molar-refractivity contribution in [2.45, 2.75) is 57.3 Å². The molecule has 0 aromatic heterocycles. The molecule has 2 aliphatic rings. The lowest BCUT2D eigenvalue weighted by Crippen LogP contribution is -2.44. The van der Waals surface area contributed by atoms with Crippen LogP contribution in [0, 0.1) is 0 Å². The maximum absolute atomic E-state index is 12.5. The number of hydrogen-bond donors (Lipinski definition) is 1. The summed E-state index contributed by atoms with van der Waals surface area (Å²) >= 11 is 0. The van der Waals surface area contributed by atoms with Crippen LogP contribution >= 0.6 is 12.4 Å². The molecule has 0 aliphatic carbocycles. The zero-order chi connectivity index (χ0) is 17.3. The van der Waals surface area contributed by atoms with Gasteiger partial charge in [-0.2, -0.15) is 0 Å². The first-order valence-electron chi connectivity index (χ1n) is 9.62. The van der Waals surface area contributed by atoms with Gasteiger partial charge in [-0.1, -0.05) is 30.3 Å². The molecule has 2 heterocycles. The van der Waals surface area contributed by atoms with Crippen molar-refractivity contribution < 1.29 is 14.3 Å². The lowest BCUT2D eigenvalue weighted by Gasteiger charge is -2.35. The molecular weight excluding hydrogens is 352 g/mol. The zero-order valence-corrected chi connectivity index (χ0v) is 16.2. The number of benzene rings is 1. The van der Waals surface area contributed by atoms with Crippen molar-refractivity contribution in [3.63, 3.8) is 0 Å². The number of amides is 1. The van der Waals surface area contributed by atoms with Gasteiger partial charge in [0.25, 0.3) is 0 Å². The number of halogens is 1. The average Bonchev–Trinajstić information content (AvgIpc) is 2.68. The topological polar surface area (TPSA) is 50.8 Å². The van der Waals surface area contributed by atoms with E-state index in [0.29, 0.717) is 12.7 Å². The number of ether oxygens (including phenoxy) is 2. The molecule has 0 radical (unpaired) electrons. The number of rotatable bonds is 6. The van der Waals surface area contributed by atoms with Gasteiger partial charge < -0.3 is 19.7 Å². The maximum Gasteiger partial charge on any atom is 0.410 e. The second-order valence-corrected chi connectivity index (χ2v) is 6.99. The molecule has 0 saturated carbocycles. The highest BCUT2D eigenvalue weighted by Gasteiger charge is 2.28. The van der Waals surface area contributed by atoms with Crippen LogP contribution in [0.25, 0.3) is 0 Å². The Morgan fingerprint density at radius 1 is 1.12 bits per heavy atom. The number of piperidine rings is 2. The van der Waals surface area contributed by atoms with Gasteiger partial charge in [0.05, 0.1) is 6.10 Å². The van der Waals surface area contributed by atoms with Crippen molar-refractivity contribution >= 4 is 18.5 Å². The van der Waals surface area contributed by atoms with E-state index in [0.717, 1.165) is 63.9 Å². The fraction of sp³-hybridized carbons (Fsp3) is 0.650. The van der Waals surface area contributed by atoms with Gasteiger partial charge in [-0.15, -0.1) is 12.4 Å². The Labute approximate surface area is 162 Å². The summed E-state index contributed by atoms with van der Waals surface area (Å²) < 4.78 is 11.6. The molecule has 1 aromatic carbocycles. The van der Waals surface area contributed by atoms with Crippen LogP contribution in [0.5, 0.6) is 0 Å². The van der Waals surface area contributed by atoms with Crippen LogP contribution in [-0.4, -0.2) is 49.4 Å². The van der Waals surface area contributed by atoms with Crippen LogP contribution in [0.1, 0.15) is 44.1 Å². The van der Waals surface area contributed by atoms with E-state index in [-0.39, 0.29) is 24.5 Å². The normalized spacial score (nSPS) is 21.1. The molecule has 1 amide bonds. The van der Waals surface area contributed by atoms with Crippen LogP contribution in [0.3, 0.4) is 0 Å². The smallest absolute Gasteiger partial charge is 0.410 e. The SMILES string of the molecule is Cl.O=C(OCc1ccccc1)N1CCCCC1CCOC1CCNCC1. The molecular formula is C20H31ClN2O3. The van der Waals surface area contributed by atoms with Crippen molar-refractivity contribution in [2.24, 2.45) is 0 Å². The maximum atomic E-state index is 12.5. The van der Waals surface area contributed by atoms with Crippen LogP contribution in [0.4, 0.5) is 4.79 Å². The monoisotopic (exact) mass is 382 g/mol. The molecule has 146 valence electrons. The van der Waals surface area contributed by atoms with Gasteiger partial charge >= 0.3 is 6.09 Å². The third-order valence-corrected chi connectivity index (χ3v) is 5.16. The van der Waals surface area contributed by atoms with Crippen molar-refractivity contribution in [3.8, 4) is 0 Å². The minimum absolute atomic E-state index is 0. The van der Waals surface area contributed by atoms with Crippen LogP contribution in [-0.2, 0) is 16.1 Å². The van der Waals surface area contributed by atoms with E-state index in [2.05, 4.69) is 5.32 Å². The molecule has 1 atom stereocenters. The molecule has 1 N–H and O–H groups in total. The average molecular weight is 383 g/mol. The Morgan fingerprint density at radius 2 is 1.88 bits per heavy atom. The summed E-state index contributed by atoms with van der Waals surface area (Å²) in [7, 11) is 0. The summed E-state index contributed by atoms with van der Waals surface area (Å²) in [6.07, 6.45) is 6.58. The first-order chi connectivity index (χ1) is 12.3. The van der Waals surface area contributed by atoms with Gasteiger partial charge in [-0.25, -0.2) is 4.79 Å². The second-order valence-electron chi connectivity index (χ2n) is 6.99. The van der Waals surface area contributed by atoms with Crippen LogP contribution in [0.2, 0.25) is 0 Å². The summed E-state index contributed by atoms with van der Waals surface area (Å²) in [6, 6.07) is 10.1. The Bertz CT molecular complexity index is 523. The van der Waals surface area contributed by atoms with Crippen molar-refractivity contribution in [1.82, 2.24) is 10.2 Å². The molecule has 26 heavy (non-hydrogen) atoms. The molecule has 1 aromatic rings. The molecule has 0 bridgehead atoms. The molecule has 0 spiro atoms. The minimum atomic E-state index is -0.185. The van der Waals surface area contributed by atoms with Gasteiger partial charge in [0.2, 0.25) is 0 Å². The van der Waals surface area contributed by atoms with Crippen LogP contribution < -0.4 is 5.32 Å². The zero-order valence-electron chi connectivity index (χ0n) is 15.4. The van der Waals surface area contributed by atoms with E-state index < -0.39 is 0 Å². The standard InChI is InChI=1S/C20H30N2O3.ClH/c23-20(25-16-17-6-2-1-3-7-17)22-14-5-4-8-18(22)11-15-24-19-9-12-21-13-10-19;/h1-3,6-7,18-19,21H,4-5,8-16H2;1H. The van der Waals surface area contributed by atoms with E-state index >= 15 is 0 Å². The highest BCUT2D eigenvalue weighted by molar-refractivity contribution is 5.85. The van der Waals surface area contributed by atoms with Gasteiger partial charge in [0.15, 0.2) is 0 Å². The third kappa shape index (κ3) is 6.45. The van der Waals surface area contributed by atoms with Crippen molar-refractivity contribution in [2.75, 3.05) is 26.2 Å². The predicted molar refractivity (Wildman–Crippen MR) is 105 cm³/mol. The third-order valence-electron chi connectivity index (χ3n) is 5.16. The lowest BCUT2D eigenvalue weighted by molar-refractivity contribution is 0.0121. The van der Waals surface area contributed by atoms with E-state index in [4.69, 9.17) is 9.47 Å². The van der Waals surface area contributed by atoms with Gasteiger partial charge in [-0.05, 0) is 57.2 Å². The molecule has 6 heteroatoms. The summed E-state index contributed by atoms with van der Waals surface area (Å²) in [4.78, 5) is 14.4. The van der Waals surface area contributed by atoms with Crippen LogP contribution in [0.15, 0.2) is 30.3 Å². The quantitative estimate of drug-likeness (QED) is 0.813. The minimum Gasteiger partial charge on any atom is -0.445 e. The fourth-order valence-electron chi connectivity index (χ4n) is 3.68. The largest absolute Gasteiger partial charge is 0.445 e. The summed E-state index contributed by atoms with van der Waals surface area (Å²) in [6.45, 7) is 3.97. The van der Waals surface area contributed by atoms with Crippen molar-refractivity contribution in [1.29, 1.82) is 0 Å². The Morgan fingerprint density at radius 3 is 2.65 bits per heavy atom. The van der Waals surface area contributed by atoms with E-state index in [1.807, 2.05) is 35.2 Å². The van der Waals surface area contributed by atoms with E-state index in [9.17, 15) is 4.79 Å². The van der Waals surface area contributed by atoms with Gasteiger partial charge in [0, 0.05) is 19.2 Å². The summed E-state index contributed by atoms with van der Waals surface area (Å²) in [5.41, 5.74) is 1.03. The lowest BCUT2D eigenvalue weighted by atomic mass is 10.00. The number of nitrogens with zero attached hydrogens (tertiary/aromatic N) is 1. The van der Waals surface area contributed by atoms with Gasteiger partial charge in [0.1, 0.15) is 6.61 Å². The number of hydrogen-bond acceptors (Lipinski definition) is 4. The first kappa shape index (κ1) is 21.0.